The van der Waals surface area contributed by atoms with Crippen molar-refractivity contribution < 1.29 is 9.15 Å². The van der Waals surface area contributed by atoms with Gasteiger partial charge < -0.3 is 13.7 Å². The summed E-state index contributed by atoms with van der Waals surface area (Å²) >= 11 is 0. The maximum Gasteiger partial charge on any atom is 0.160 e. The fourth-order valence-electron chi connectivity index (χ4n) is 8.90. The van der Waals surface area contributed by atoms with Crippen LogP contribution in [0.1, 0.15) is 19.4 Å². The first-order valence-electron chi connectivity index (χ1n) is 20.9. The van der Waals surface area contributed by atoms with Gasteiger partial charge in [-0.05, 0) is 84.6 Å². The van der Waals surface area contributed by atoms with E-state index in [2.05, 4.69) is 170 Å². The smallest absolute Gasteiger partial charge is 0.160 e. The molecule has 0 aliphatic heterocycles. The predicted octanol–water partition coefficient (Wildman–Crippen LogP) is 15.2. The quantitative estimate of drug-likeness (QED) is 0.154. The number of allylic oxidation sites excluding steroid dienone is 1. The molecule has 0 atom stereocenters. The van der Waals surface area contributed by atoms with Crippen LogP contribution < -0.4 is 4.74 Å². The third-order valence-electron chi connectivity index (χ3n) is 11.7. The third-order valence-corrected chi connectivity index (χ3v) is 11.7. The molecule has 0 aliphatic rings. The van der Waals surface area contributed by atoms with Crippen molar-refractivity contribution in [1.29, 1.82) is 0 Å². The van der Waals surface area contributed by atoms with Crippen molar-refractivity contribution in [3.63, 3.8) is 0 Å². The molecule has 3 heterocycles. The first-order chi connectivity index (χ1) is 30.5. The summed E-state index contributed by atoms with van der Waals surface area (Å²) < 4.78 is 14.7. The molecule has 0 radical (unpaired) electrons. The minimum Gasteiger partial charge on any atom is -0.497 e. The summed E-state index contributed by atoms with van der Waals surface area (Å²) in [5, 5.41) is 4.48. The van der Waals surface area contributed by atoms with E-state index in [1.165, 1.54) is 27.4 Å². The van der Waals surface area contributed by atoms with Crippen molar-refractivity contribution in [1.82, 2.24) is 14.5 Å². The lowest BCUT2D eigenvalue weighted by atomic mass is 9.95. The van der Waals surface area contributed by atoms with E-state index in [0.717, 1.165) is 89.2 Å². The van der Waals surface area contributed by atoms with Gasteiger partial charge in [0.15, 0.2) is 5.82 Å². The lowest BCUT2D eigenvalue weighted by molar-refractivity contribution is 0.415. The van der Waals surface area contributed by atoms with Crippen molar-refractivity contribution in [2.45, 2.75) is 13.8 Å². The van der Waals surface area contributed by atoms with Gasteiger partial charge in [-0.3, -0.25) is 0 Å². The summed E-state index contributed by atoms with van der Waals surface area (Å²) in [5.41, 5.74) is 16.6. The Hall–Kier alpha value is -8.02. The van der Waals surface area contributed by atoms with Crippen LogP contribution in [0.3, 0.4) is 0 Å². The Morgan fingerprint density at radius 3 is 1.97 bits per heavy atom. The largest absolute Gasteiger partial charge is 0.497 e. The molecule has 0 unspecified atom stereocenters. The molecule has 0 bridgehead atoms. The molecule has 11 rings (SSSR count). The molecule has 8 aromatic carbocycles. The summed E-state index contributed by atoms with van der Waals surface area (Å²) in [4.78, 5) is 10.3. The van der Waals surface area contributed by atoms with Gasteiger partial charge in [0.1, 0.15) is 16.9 Å². The van der Waals surface area contributed by atoms with E-state index in [0.29, 0.717) is 5.82 Å². The van der Waals surface area contributed by atoms with Crippen LogP contribution in [-0.4, -0.2) is 21.6 Å². The molecule has 0 spiro atoms. The van der Waals surface area contributed by atoms with Crippen LogP contribution in [0.15, 0.2) is 198 Å². The van der Waals surface area contributed by atoms with Crippen molar-refractivity contribution in [2.24, 2.45) is 0 Å². The van der Waals surface area contributed by atoms with E-state index in [9.17, 15) is 0 Å². The standard InChI is InChI=1S/C57H41N3O2/c1-36(2)31-41-19-14-23-47-49-32-40(44-20-10-11-21-45(44)52-35-51(38-15-6-4-7-16-38)58-57(59-52)39-17-8-5-9-18-39)27-30-53(49)60(55(41)47)42-28-25-37(26-29-42)48-33-43(61-3)34-50-46-22-12-13-24-54(46)62-56(48)50/h4-35H,1-3H3. The molecule has 0 aliphatic carbocycles. The molecule has 5 nitrogen and oxygen atoms in total. The van der Waals surface area contributed by atoms with Crippen molar-refractivity contribution in [2.75, 3.05) is 7.11 Å². The number of nitrogens with zero attached hydrogens (tertiary/aromatic N) is 3. The van der Waals surface area contributed by atoms with Gasteiger partial charge in [-0.25, -0.2) is 9.97 Å². The first kappa shape index (κ1) is 37.0. The highest BCUT2D eigenvalue weighted by molar-refractivity contribution is 6.13. The SMILES string of the molecule is COc1cc(-c2ccc(-n3c4ccc(-c5ccccc5-c5cc(-c6ccccc6)nc(-c6ccccc6)n5)cc4c4cccc(C=C(C)C)c43)cc2)c2oc3ccccc3c2c1. The van der Waals surface area contributed by atoms with Gasteiger partial charge >= 0.3 is 0 Å². The number of para-hydroxylation sites is 2. The van der Waals surface area contributed by atoms with E-state index in [1.54, 1.807) is 7.11 Å². The summed E-state index contributed by atoms with van der Waals surface area (Å²) in [5.74, 6) is 1.49. The molecule has 296 valence electrons. The van der Waals surface area contributed by atoms with Crippen LogP contribution in [0.4, 0.5) is 0 Å². The zero-order valence-corrected chi connectivity index (χ0v) is 34.6. The van der Waals surface area contributed by atoms with Crippen LogP contribution >= 0.6 is 0 Å². The minimum atomic E-state index is 0.696. The fourth-order valence-corrected chi connectivity index (χ4v) is 8.90. The first-order valence-corrected chi connectivity index (χ1v) is 20.9. The highest BCUT2D eigenvalue weighted by Crippen LogP contribution is 2.42. The number of hydrogen-bond acceptors (Lipinski definition) is 4. The van der Waals surface area contributed by atoms with Gasteiger partial charge in [0.25, 0.3) is 0 Å². The molecule has 3 aromatic heterocycles. The highest BCUT2D eigenvalue weighted by Gasteiger charge is 2.20. The predicted molar refractivity (Wildman–Crippen MR) is 257 cm³/mol. The van der Waals surface area contributed by atoms with Gasteiger partial charge in [0, 0.05) is 49.5 Å². The van der Waals surface area contributed by atoms with Crippen LogP contribution in [0.25, 0.3) is 112 Å². The number of fused-ring (bicyclic) bond motifs is 6. The maximum atomic E-state index is 6.47. The van der Waals surface area contributed by atoms with Crippen LogP contribution in [0, 0.1) is 0 Å². The maximum absolute atomic E-state index is 6.47. The molecule has 0 saturated heterocycles. The Balaban J connectivity index is 1.07. The average Bonchev–Trinajstić information content (AvgIpc) is 3.87. The van der Waals surface area contributed by atoms with Gasteiger partial charge in [0.05, 0.1) is 29.5 Å². The number of aromatic nitrogens is 3. The van der Waals surface area contributed by atoms with Crippen molar-refractivity contribution in [3.05, 3.63) is 199 Å². The van der Waals surface area contributed by atoms with Crippen molar-refractivity contribution in [3.8, 4) is 67.6 Å². The lowest BCUT2D eigenvalue weighted by Gasteiger charge is -2.14. The summed E-state index contributed by atoms with van der Waals surface area (Å²) in [6, 6.07) is 65.9. The van der Waals surface area contributed by atoms with Gasteiger partial charge in [-0.2, -0.15) is 0 Å². The van der Waals surface area contributed by atoms with Crippen molar-refractivity contribution >= 4 is 49.8 Å². The van der Waals surface area contributed by atoms with E-state index in [4.69, 9.17) is 19.1 Å². The highest BCUT2D eigenvalue weighted by atomic mass is 16.5. The molecule has 0 fully saturated rings. The number of furan rings is 1. The molecule has 11 aromatic rings. The Morgan fingerprint density at radius 1 is 0.516 bits per heavy atom. The summed E-state index contributed by atoms with van der Waals surface area (Å²) in [6.45, 7) is 4.31. The number of ether oxygens (including phenoxy) is 1. The molecule has 0 N–H and O–H groups in total. The molecule has 0 amide bonds. The van der Waals surface area contributed by atoms with Gasteiger partial charge in [-0.15, -0.1) is 0 Å². The second-order valence-corrected chi connectivity index (χ2v) is 16.0. The Morgan fingerprint density at radius 2 is 1.19 bits per heavy atom. The fraction of sp³-hybridized carbons (Fsp3) is 0.0526. The van der Waals surface area contributed by atoms with Crippen LogP contribution in [0.5, 0.6) is 5.75 Å². The molecule has 62 heavy (non-hydrogen) atoms. The molecular formula is C57H41N3O2. The Bertz CT molecular complexity index is 3450. The zero-order valence-electron chi connectivity index (χ0n) is 34.6. The average molecular weight is 800 g/mol. The molecule has 5 heteroatoms. The van der Waals surface area contributed by atoms with E-state index in [-0.39, 0.29) is 0 Å². The number of hydrogen-bond donors (Lipinski definition) is 0. The topological polar surface area (TPSA) is 53.1 Å². The normalized spacial score (nSPS) is 11.5. The zero-order chi connectivity index (χ0) is 41.7. The third kappa shape index (κ3) is 6.43. The van der Waals surface area contributed by atoms with E-state index < -0.39 is 0 Å². The Kier molecular flexibility index (Phi) is 9.09. The Labute approximate surface area is 359 Å². The second-order valence-electron chi connectivity index (χ2n) is 16.0. The second kappa shape index (κ2) is 15.2. The monoisotopic (exact) mass is 799 g/mol. The molecular weight excluding hydrogens is 759 g/mol. The van der Waals surface area contributed by atoms with Gasteiger partial charge in [-0.1, -0.05) is 151 Å². The number of rotatable bonds is 8. The van der Waals surface area contributed by atoms with Gasteiger partial charge in [0.2, 0.25) is 0 Å². The summed E-state index contributed by atoms with van der Waals surface area (Å²) in [6.07, 6.45) is 2.28. The number of methoxy groups -OCH3 is 1. The van der Waals surface area contributed by atoms with Crippen LogP contribution in [0.2, 0.25) is 0 Å². The summed E-state index contributed by atoms with van der Waals surface area (Å²) in [7, 11) is 1.71. The molecule has 0 saturated carbocycles. The van der Waals surface area contributed by atoms with Crippen LogP contribution in [-0.2, 0) is 0 Å². The number of benzene rings is 8. The van der Waals surface area contributed by atoms with E-state index >= 15 is 0 Å². The lowest BCUT2D eigenvalue weighted by Crippen LogP contribution is -1.97. The van der Waals surface area contributed by atoms with E-state index in [1.807, 2.05) is 42.5 Å². The minimum absolute atomic E-state index is 0.696.